The van der Waals surface area contributed by atoms with Gasteiger partial charge in [-0.1, -0.05) is 239 Å². The summed E-state index contributed by atoms with van der Waals surface area (Å²) in [5.74, 6) is 0.997. The highest BCUT2D eigenvalue weighted by Gasteiger charge is 2.08. The SMILES string of the molecule is [CH2]CCCC(CCCCCCCCCC)CCCCCCCCCCCCCCCCCCCCCCC. The highest BCUT2D eigenvalue weighted by atomic mass is 14.1. The third-order valence-corrected chi connectivity index (χ3v) is 9.04. The molecule has 38 heavy (non-hydrogen) atoms. The predicted molar refractivity (Wildman–Crippen MR) is 177 cm³/mol. The largest absolute Gasteiger partial charge is 0.0654 e. The van der Waals surface area contributed by atoms with Gasteiger partial charge >= 0.3 is 0 Å². The second-order valence-electron chi connectivity index (χ2n) is 13.0. The molecule has 0 aliphatic heterocycles. The van der Waals surface area contributed by atoms with Gasteiger partial charge in [-0.2, -0.15) is 0 Å². The molecule has 0 aromatic carbocycles. The molecule has 0 rings (SSSR count). The van der Waals surface area contributed by atoms with Crippen molar-refractivity contribution in [1.29, 1.82) is 0 Å². The Balaban J connectivity index is 3.36. The molecular formula is C38H77. The van der Waals surface area contributed by atoms with Crippen molar-refractivity contribution < 1.29 is 0 Å². The zero-order valence-electron chi connectivity index (χ0n) is 27.3. The highest BCUT2D eigenvalue weighted by Crippen LogP contribution is 2.24. The zero-order valence-corrected chi connectivity index (χ0v) is 27.3. The van der Waals surface area contributed by atoms with Crippen molar-refractivity contribution in [3.8, 4) is 0 Å². The summed E-state index contributed by atoms with van der Waals surface area (Å²) in [6.07, 6.45) is 49.6. The lowest BCUT2D eigenvalue weighted by Crippen LogP contribution is -2.01. The van der Waals surface area contributed by atoms with Gasteiger partial charge in [0.05, 0.1) is 0 Å². The first-order valence-corrected chi connectivity index (χ1v) is 18.6. The first-order chi connectivity index (χ1) is 18.8. The van der Waals surface area contributed by atoms with Crippen LogP contribution in [0.2, 0.25) is 0 Å². The van der Waals surface area contributed by atoms with Crippen molar-refractivity contribution >= 4 is 0 Å². The number of unbranched alkanes of at least 4 members (excludes halogenated alkanes) is 28. The van der Waals surface area contributed by atoms with Crippen molar-refractivity contribution in [2.24, 2.45) is 5.92 Å². The summed E-state index contributed by atoms with van der Waals surface area (Å²) in [6, 6.07) is 0. The molecule has 1 unspecified atom stereocenters. The van der Waals surface area contributed by atoms with Gasteiger partial charge in [0.25, 0.3) is 0 Å². The van der Waals surface area contributed by atoms with Gasteiger partial charge in [-0.05, 0) is 5.92 Å². The maximum absolute atomic E-state index is 4.09. The molecule has 0 aliphatic rings. The molecule has 0 heteroatoms. The quantitative estimate of drug-likeness (QED) is 0.0721. The molecule has 0 saturated carbocycles. The van der Waals surface area contributed by atoms with Crippen LogP contribution in [-0.4, -0.2) is 0 Å². The Morgan fingerprint density at radius 1 is 0.289 bits per heavy atom. The van der Waals surface area contributed by atoms with Crippen LogP contribution in [0, 0.1) is 12.8 Å². The van der Waals surface area contributed by atoms with E-state index in [1.165, 1.54) is 212 Å². The monoisotopic (exact) mass is 534 g/mol. The summed E-state index contributed by atoms with van der Waals surface area (Å²) in [5.41, 5.74) is 0. The van der Waals surface area contributed by atoms with Gasteiger partial charge < -0.3 is 0 Å². The average Bonchev–Trinajstić information content (AvgIpc) is 2.93. The molecule has 1 atom stereocenters. The minimum absolute atomic E-state index is 0.997. The maximum Gasteiger partial charge on any atom is -0.0414 e. The van der Waals surface area contributed by atoms with E-state index in [-0.39, 0.29) is 0 Å². The average molecular weight is 534 g/mol. The number of hydrogen-bond donors (Lipinski definition) is 0. The Bertz CT molecular complexity index is 385. The van der Waals surface area contributed by atoms with Gasteiger partial charge in [0.15, 0.2) is 0 Å². The summed E-state index contributed by atoms with van der Waals surface area (Å²) in [4.78, 5) is 0. The van der Waals surface area contributed by atoms with Gasteiger partial charge in [0, 0.05) is 0 Å². The van der Waals surface area contributed by atoms with E-state index in [2.05, 4.69) is 20.8 Å². The van der Waals surface area contributed by atoms with E-state index < -0.39 is 0 Å². The molecule has 0 aliphatic carbocycles. The van der Waals surface area contributed by atoms with Crippen molar-refractivity contribution in [3.05, 3.63) is 6.92 Å². The molecule has 0 aromatic heterocycles. The Kier molecular flexibility index (Phi) is 35.0. The third-order valence-electron chi connectivity index (χ3n) is 9.04. The lowest BCUT2D eigenvalue weighted by atomic mass is 9.90. The van der Waals surface area contributed by atoms with E-state index in [9.17, 15) is 0 Å². The first kappa shape index (κ1) is 38.0. The minimum atomic E-state index is 0.997. The maximum atomic E-state index is 4.09. The Morgan fingerprint density at radius 3 is 0.737 bits per heavy atom. The molecule has 0 saturated heterocycles. The van der Waals surface area contributed by atoms with E-state index in [1.54, 1.807) is 0 Å². The molecule has 0 spiro atoms. The van der Waals surface area contributed by atoms with Crippen LogP contribution in [-0.2, 0) is 0 Å². The molecule has 1 radical (unpaired) electrons. The van der Waals surface area contributed by atoms with Gasteiger partial charge in [-0.25, -0.2) is 0 Å². The lowest BCUT2D eigenvalue weighted by molar-refractivity contribution is 0.372. The summed E-state index contributed by atoms with van der Waals surface area (Å²) < 4.78 is 0. The summed E-state index contributed by atoms with van der Waals surface area (Å²) >= 11 is 0. The van der Waals surface area contributed by atoms with Gasteiger partial charge in [0.1, 0.15) is 0 Å². The summed E-state index contributed by atoms with van der Waals surface area (Å²) in [6.45, 7) is 8.72. The van der Waals surface area contributed by atoms with E-state index >= 15 is 0 Å². The summed E-state index contributed by atoms with van der Waals surface area (Å²) in [5, 5.41) is 0. The van der Waals surface area contributed by atoms with Crippen LogP contribution < -0.4 is 0 Å². The van der Waals surface area contributed by atoms with Crippen LogP contribution in [0.15, 0.2) is 0 Å². The molecule has 0 nitrogen and oxygen atoms in total. The van der Waals surface area contributed by atoms with Crippen molar-refractivity contribution in [3.63, 3.8) is 0 Å². The van der Waals surface area contributed by atoms with Crippen LogP contribution in [0.25, 0.3) is 0 Å². The summed E-state index contributed by atoms with van der Waals surface area (Å²) in [7, 11) is 0. The standard InChI is InChI=1S/C38H77/c1-4-7-10-12-14-16-17-18-19-20-21-22-23-24-25-26-27-28-30-32-34-37-38(35-9-6-3)36-33-31-29-15-13-11-8-5-2/h38H,3-37H2,1-2H3. The predicted octanol–water partition coefficient (Wildman–Crippen LogP) is 14.7. The van der Waals surface area contributed by atoms with Gasteiger partial charge in [-0.3, -0.25) is 0 Å². The Morgan fingerprint density at radius 2 is 0.500 bits per heavy atom. The lowest BCUT2D eigenvalue weighted by Gasteiger charge is -2.16. The smallest absolute Gasteiger partial charge is 0.0414 e. The van der Waals surface area contributed by atoms with Gasteiger partial charge in [0.2, 0.25) is 0 Å². The topological polar surface area (TPSA) is 0 Å². The van der Waals surface area contributed by atoms with E-state index in [1.807, 2.05) is 0 Å². The van der Waals surface area contributed by atoms with Crippen molar-refractivity contribution in [2.75, 3.05) is 0 Å². The van der Waals surface area contributed by atoms with Crippen LogP contribution in [0.3, 0.4) is 0 Å². The number of hydrogen-bond acceptors (Lipinski definition) is 0. The van der Waals surface area contributed by atoms with Crippen LogP contribution in [0.4, 0.5) is 0 Å². The van der Waals surface area contributed by atoms with E-state index in [0.717, 1.165) is 12.3 Å². The van der Waals surface area contributed by atoms with Crippen molar-refractivity contribution in [1.82, 2.24) is 0 Å². The van der Waals surface area contributed by atoms with Crippen LogP contribution in [0.5, 0.6) is 0 Å². The molecule has 0 bridgehead atoms. The fraction of sp³-hybridized carbons (Fsp3) is 0.974. The minimum Gasteiger partial charge on any atom is -0.0654 e. The molecule has 0 N–H and O–H groups in total. The van der Waals surface area contributed by atoms with Crippen LogP contribution >= 0.6 is 0 Å². The molecule has 0 heterocycles. The normalized spacial score (nSPS) is 12.4. The van der Waals surface area contributed by atoms with E-state index in [4.69, 9.17) is 0 Å². The fourth-order valence-corrected chi connectivity index (χ4v) is 6.30. The van der Waals surface area contributed by atoms with Crippen molar-refractivity contribution in [2.45, 2.75) is 232 Å². The zero-order chi connectivity index (χ0) is 27.6. The second kappa shape index (κ2) is 35.0. The van der Waals surface area contributed by atoms with Gasteiger partial charge in [-0.15, -0.1) is 0 Å². The highest BCUT2D eigenvalue weighted by molar-refractivity contribution is 4.62. The number of rotatable bonds is 34. The molecule has 0 fully saturated rings. The Hall–Kier alpha value is 0. The first-order valence-electron chi connectivity index (χ1n) is 18.6. The molecular weight excluding hydrogens is 456 g/mol. The molecule has 229 valence electrons. The fourth-order valence-electron chi connectivity index (χ4n) is 6.30. The Labute approximate surface area is 244 Å². The third kappa shape index (κ3) is 32.2. The van der Waals surface area contributed by atoms with Crippen LogP contribution in [0.1, 0.15) is 232 Å². The second-order valence-corrected chi connectivity index (χ2v) is 13.0. The molecule has 0 amide bonds. The molecule has 0 aromatic rings. The van der Waals surface area contributed by atoms with E-state index in [0.29, 0.717) is 0 Å².